The number of hydrogen-bond acceptors (Lipinski definition) is 2. The van der Waals surface area contributed by atoms with Gasteiger partial charge in [0.05, 0.1) is 5.56 Å². The average Bonchev–Trinajstić information content (AvgIpc) is 2.45. The molecule has 3 nitrogen and oxygen atoms in total. The first-order chi connectivity index (χ1) is 9.54. The highest BCUT2D eigenvalue weighted by Gasteiger charge is 2.27. The Balaban J connectivity index is 2.08. The molecule has 0 bridgehead atoms. The van der Waals surface area contributed by atoms with Gasteiger partial charge in [0.1, 0.15) is 0 Å². The highest BCUT2D eigenvalue weighted by molar-refractivity contribution is 5.94. The Labute approximate surface area is 115 Å². The maximum absolute atomic E-state index is 13.6. The second kappa shape index (κ2) is 6.26. The SMILES string of the molecule is COCC1CCN(C(=O)c2ccc(F)c(F)c2F)CC1. The number of nitrogens with zero attached hydrogens (tertiary/aromatic N) is 1. The number of methoxy groups -OCH3 is 1. The van der Waals surface area contributed by atoms with Gasteiger partial charge in [-0.25, -0.2) is 13.2 Å². The van der Waals surface area contributed by atoms with E-state index in [1.165, 1.54) is 4.90 Å². The van der Waals surface area contributed by atoms with Crippen LogP contribution in [0.4, 0.5) is 13.2 Å². The summed E-state index contributed by atoms with van der Waals surface area (Å²) in [7, 11) is 1.62. The van der Waals surface area contributed by atoms with Gasteiger partial charge in [0, 0.05) is 26.8 Å². The molecule has 0 radical (unpaired) electrons. The van der Waals surface area contributed by atoms with Crippen molar-refractivity contribution >= 4 is 5.91 Å². The molecule has 0 aliphatic carbocycles. The van der Waals surface area contributed by atoms with Crippen LogP contribution in [0.3, 0.4) is 0 Å². The number of likely N-dealkylation sites (tertiary alicyclic amines) is 1. The van der Waals surface area contributed by atoms with Gasteiger partial charge in [-0.2, -0.15) is 0 Å². The second-order valence-electron chi connectivity index (χ2n) is 4.91. The molecule has 0 spiro atoms. The van der Waals surface area contributed by atoms with E-state index >= 15 is 0 Å². The van der Waals surface area contributed by atoms with Crippen molar-refractivity contribution in [1.29, 1.82) is 0 Å². The number of rotatable bonds is 3. The molecule has 1 aromatic rings. The molecule has 1 aromatic carbocycles. The van der Waals surface area contributed by atoms with E-state index in [9.17, 15) is 18.0 Å². The van der Waals surface area contributed by atoms with Crippen LogP contribution in [0, 0.1) is 23.4 Å². The van der Waals surface area contributed by atoms with Crippen LogP contribution in [-0.2, 0) is 4.74 Å². The van der Waals surface area contributed by atoms with Gasteiger partial charge >= 0.3 is 0 Å². The monoisotopic (exact) mass is 287 g/mol. The summed E-state index contributed by atoms with van der Waals surface area (Å²) in [5, 5.41) is 0. The topological polar surface area (TPSA) is 29.5 Å². The highest BCUT2D eigenvalue weighted by Crippen LogP contribution is 2.22. The normalized spacial score (nSPS) is 16.5. The third kappa shape index (κ3) is 2.95. The summed E-state index contributed by atoms with van der Waals surface area (Å²) in [5.74, 6) is -4.55. The van der Waals surface area contributed by atoms with Crippen LogP contribution in [0.15, 0.2) is 12.1 Å². The predicted molar refractivity (Wildman–Crippen MR) is 66.8 cm³/mol. The quantitative estimate of drug-likeness (QED) is 0.800. The summed E-state index contributed by atoms with van der Waals surface area (Å²) < 4.78 is 44.6. The Bertz CT molecular complexity index is 499. The summed E-state index contributed by atoms with van der Waals surface area (Å²) in [6, 6.07) is 1.75. The van der Waals surface area contributed by atoms with Gasteiger partial charge in [-0.05, 0) is 30.9 Å². The van der Waals surface area contributed by atoms with Gasteiger partial charge in [-0.1, -0.05) is 0 Å². The van der Waals surface area contributed by atoms with Crippen LogP contribution in [0.2, 0.25) is 0 Å². The van der Waals surface area contributed by atoms with Gasteiger partial charge in [-0.3, -0.25) is 4.79 Å². The van der Waals surface area contributed by atoms with Gasteiger partial charge in [0.25, 0.3) is 5.91 Å². The zero-order valence-electron chi connectivity index (χ0n) is 11.2. The number of ether oxygens (including phenoxy) is 1. The van der Waals surface area contributed by atoms with Crippen LogP contribution in [0.25, 0.3) is 0 Å². The van der Waals surface area contributed by atoms with Crippen molar-refractivity contribution in [3.63, 3.8) is 0 Å². The van der Waals surface area contributed by atoms with Crippen LogP contribution in [-0.4, -0.2) is 37.6 Å². The third-order valence-electron chi connectivity index (χ3n) is 3.57. The van der Waals surface area contributed by atoms with E-state index in [1.807, 2.05) is 0 Å². The molecule has 0 atom stereocenters. The van der Waals surface area contributed by atoms with Gasteiger partial charge in [0.2, 0.25) is 0 Å². The number of piperidine rings is 1. The van der Waals surface area contributed by atoms with E-state index in [2.05, 4.69) is 0 Å². The van der Waals surface area contributed by atoms with E-state index in [0.717, 1.165) is 25.0 Å². The Morgan fingerprint density at radius 1 is 1.25 bits per heavy atom. The van der Waals surface area contributed by atoms with Gasteiger partial charge in [0.15, 0.2) is 17.5 Å². The number of carbonyl (C=O) groups is 1. The zero-order valence-corrected chi connectivity index (χ0v) is 11.2. The molecular weight excluding hydrogens is 271 g/mol. The molecule has 110 valence electrons. The second-order valence-corrected chi connectivity index (χ2v) is 4.91. The van der Waals surface area contributed by atoms with Crippen LogP contribution in [0.5, 0.6) is 0 Å². The van der Waals surface area contributed by atoms with E-state index in [1.54, 1.807) is 7.11 Å². The number of amides is 1. The van der Waals surface area contributed by atoms with Crippen molar-refractivity contribution in [2.45, 2.75) is 12.8 Å². The van der Waals surface area contributed by atoms with Crippen LogP contribution < -0.4 is 0 Å². The van der Waals surface area contributed by atoms with Crippen molar-refractivity contribution in [3.8, 4) is 0 Å². The lowest BCUT2D eigenvalue weighted by molar-refractivity contribution is 0.0608. The Morgan fingerprint density at radius 2 is 1.90 bits per heavy atom. The van der Waals surface area contributed by atoms with E-state index < -0.39 is 28.9 Å². The van der Waals surface area contributed by atoms with Crippen molar-refractivity contribution in [1.82, 2.24) is 4.90 Å². The molecule has 0 unspecified atom stereocenters. The fourth-order valence-electron chi connectivity index (χ4n) is 2.40. The number of benzene rings is 1. The largest absolute Gasteiger partial charge is 0.384 e. The summed E-state index contributed by atoms with van der Waals surface area (Å²) >= 11 is 0. The molecule has 1 aliphatic heterocycles. The smallest absolute Gasteiger partial charge is 0.256 e. The molecule has 1 saturated heterocycles. The molecule has 1 aliphatic rings. The fourth-order valence-corrected chi connectivity index (χ4v) is 2.40. The Hall–Kier alpha value is -1.56. The zero-order chi connectivity index (χ0) is 14.7. The molecule has 2 rings (SSSR count). The first kappa shape index (κ1) is 14.8. The molecule has 1 fully saturated rings. The minimum Gasteiger partial charge on any atom is -0.384 e. The minimum atomic E-state index is -1.61. The predicted octanol–water partition coefficient (Wildman–Crippen LogP) is 2.60. The molecular formula is C14H16F3NO2. The minimum absolute atomic E-state index is 0.374. The first-order valence-corrected chi connectivity index (χ1v) is 6.46. The molecule has 0 aromatic heterocycles. The molecule has 0 saturated carbocycles. The molecule has 6 heteroatoms. The number of halogens is 3. The highest BCUT2D eigenvalue weighted by atomic mass is 19.2. The third-order valence-corrected chi connectivity index (χ3v) is 3.57. The van der Waals surface area contributed by atoms with Gasteiger partial charge < -0.3 is 9.64 Å². The summed E-state index contributed by atoms with van der Waals surface area (Å²) in [5.41, 5.74) is -0.422. The van der Waals surface area contributed by atoms with E-state index in [-0.39, 0.29) is 0 Å². The van der Waals surface area contributed by atoms with Crippen molar-refractivity contribution in [2.24, 2.45) is 5.92 Å². The maximum atomic E-state index is 13.6. The van der Waals surface area contributed by atoms with Crippen LogP contribution >= 0.6 is 0 Å². The molecule has 1 heterocycles. The van der Waals surface area contributed by atoms with Crippen molar-refractivity contribution in [3.05, 3.63) is 35.1 Å². The van der Waals surface area contributed by atoms with Crippen molar-refractivity contribution in [2.75, 3.05) is 26.8 Å². The fraction of sp³-hybridized carbons (Fsp3) is 0.500. The molecule has 20 heavy (non-hydrogen) atoms. The Morgan fingerprint density at radius 3 is 2.50 bits per heavy atom. The summed E-state index contributed by atoms with van der Waals surface area (Å²) in [4.78, 5) is 13.6. The Kier molecular flexibility index (Phi) is 4.65. The summed E-state index contributed by atoms with van der Waals surface area (Å²) in [6.45, 7) is 1.55. The molecule has 0 N–H and O–H groups in total. The average molecular weight is 287 g/mol. The lowest BCUT2D eigenvalue weighted by Crippen LogP contribution is -2.39. The summed E-state index contributed by atoms with van der Waals surface area (Å²) in [6.07, 6.45) is 1.51. The van der Waals surface area contributed by atoms with Crippen LogP contribution in [0.1, 0.15) is 23.2 Å². The lowest BCUT2D eigenvalue weighted by atomic mass is 9.97. The lowest BCUT2D eigenvalue weighted by Gasteiger charge is -2.31. The number of hydrogen-bond donors (Lipinski definition) is 0. The van der Waals surface area contributed by atoms with Crippen molar-refractivity contribution < 1.29 is 22.7 Å². The standard InChI is InChI=1S/C14H16F3NO2/c1-20-8-9-4-6-18(7-5-9)14(19)10-2-3-11(15)13(17)12(10)16/h2-3,9H,4-8H2,1H3. The first-order valence-electron chi connectivity index (χ1n) is 6.46. The van der Waals surface area contributed by atoms with Gasteiger partial charge in [-0.15, -0.1) is 0 Å². The number of carbonyl (C=O) groups excluding carboxylic acids is 1. The maximum Gasteiger partial charge on any atom is 0.256 e. The molecule has 1 amide bonds. The van der Waals surface area contributed by atoms with E-state index in [0.29, 0.717) is 25.6 Å². The van der Waals surface area contributed by atoms with E-state index in [4.69, 9.17) is 4.74 Å².